The van der Waals surface area contributed by atoms with E-state index in [1.165, 1.54) is 17.4 Å². The van der Waals surface area contributed by atoms with Crippen molar-refractivity contribution in [2.75, 3.05) is 5.32 Å². The van der Waals surface area contributed by atoms with Gasteiger partial charge in [0.15, 0.2) is 0 Å². The molecule has 0 aliphatic heterocycles. The van der Waals surface area contributed by atoms with E-state index in [2.05, 4.69) is 5.32 Å². The summed E-state index contributed by atoms with van der Waals surface area (Å²) in [7, 11) is 0. The van der Waals surface area contributed by atoms with Gasteiger partial charge in [-0.05, 0) is 30.3 Å². The quantitative estimate of drug-likeness (QED) is 0.836. The van der Waals surface area contributed by atoms with Crippen LogP contribution in [-0.2, 0) is 12.7 Å². The number of rotatable bonds is 3. The molecule has 1 N–H and O–H groups in total. The van der Waals surface area contributed by atoms with E-state index in [4.69, 9.17) is 11.6 Å². The second-order valence-electron chi connectivity index (χ2n) is 3.64. The Labute approximate surface area is 111 Å². The topological polar surface area (TPSA) is 12.0 Å². The summed E-state index contributed by atoms with van der Waals surface area (Å²) in [6, 6.07) is 8.72. The minimum Gasteiger partial charge on any atom is -0.380 e. The largest absolute Gasteiger partial charge is 0.416 e. The summed E-state index contributed by atoms with van der Waals surface area (Å²) >= 11 is 7.17. The Balaban J connectivity index is 2.06. The Bertz CT molecular complexity index is 536. The van der Waals surface area contributed by atoms with E-state index in [9.17, 15) is 13.2 Å². The molecule has 18 heavy (non-hydrogen) atoms. The monoisotopic (exact) mass is 291 g/mol. The van der Waals surface area contributed by atoms with Gasteiger partial charge in [-0.3, -0.25) is 0 Å². The molecule has 1 nitrogen and oxygen atoms in total. The summed E-state index contributed by atoms with van der Waals surface area (Å²) in [6.45, 7) is 0.457. The van der Waals surface area contributed by atoms with Crippen LogP contribution in [0.3, 0.4) is 0 Å². The molecule has 2 aromatic rings. The van der Waals surface area contributed by atoms with Gasteiger partial charge in [0.25, 0.3) is 0 Å². The van der Waals surface area contributed by atoms with Gasteiger partial charge in [0.1, 0.15) is 0 Å². The zero-order valence-corrected chi connectivity index (χ0v) is 10.7. The zero-order valence-electron chi connectivity index (χ0n) is 9.09. The highest BCUT2D eigenvalue weighted by Gasteiger charge is 2.30. The number of alkyl halides is 3. The van der Waals surface area contributed by atoms with Gasteiger partial charge in [0.05, 0.1) is 9.90 Å². The molecule has 0 atom stereocenters. The van der Waals surface area contributed by atoms with Gasteiger partial charge in [-0.2, -0.15) is 13.2 Å². The highest BCUT2D eigenvalue weighted by molar-refractivity contribution is 7.16. The van der Waals surface area contributed by atoms with Crippen LogP contribution in [-0.4, -0.2) is 0 Å². The van der Waals surface area contributed by atoms with Crippen LogP contribution in [0.2, 0.25) is 4.34 Å². The van der Waals surface area contributed by atoms with Crippen molar-refractivity contribution >= 4 is 28.6 Å². The smallest absolute Gasteiger partial charge is 0.380 e. The molecule has 0 saturated carbocycles. The highest BCUT2D eigenvalue weighted by atomic mass is 35.5. The Morgan fingerprint density at radius 1 is 1.17 bits per heavy atom. The summed E-state index contributed by atoms with van der Waals surface area (Å²) in [5.74, 6) is 0. The Morgan fingerprint density at radius 3 is 2.56 bits per heavy atom. The molecule has 0 saturated heterocycles. The van der Waals surface area contributed by atoms with Gasteiger partial charge in [0.2, 0.25) is 0 Å². The number of hydrogen-bond acceptors (Lipinski definition) is 2. The van der Waals surface area contributed by atoms with Gasteiger partial charge in [-0.25, -0.2) is 0 Å². The van der Waals surface area contributed by atoms with Crippen molar-refractivity contribution in [3.8, 4) is 0 Å². The molecule has 0 fully saturated rings. The Kier molecular flexibility index (Phi) is 3.82. The molecule has 0 aliphatic rings. The normalized spacial score (nSPS) is 11.6. The van der Waals surface area contributed by atoms with Crippen molar-refractivity contribution in [3.63, 3.8) is 0 Å². The van der Waals surface area contributed by atoms with Crippen LogP contribution in [0.4, 0.5) is 18.9 Å². The number of hydrogen-bond donors (Lipinski definition) is 1. The summed E-state index contributed by atoms with van der Waals surface area (Å²) in [5.41, 5.74) is -0.217. The Morgan fingerprint density at radius 2 is 1.94 bits per heavy atom. The van der Waals surface area contributed by atoms with Crippen molar-refractivity contribution in [2.24, 2.45) is 0 Å². The SMILES string of the molecule is FC(F)(F)c1cccc(NCc2ccc(Cl)s2)c1. The first-order chi connectivity index (χ1) is 8.45. The highest BCUT2D eigenvalue weighted by Crippen LogP contribution is 2.31. The lowest BCUT2D eigenvalue weighted by atomic mass is 10.2. The molecule has 0 radical (unpaired) electrons. The van der Waals surface area contributed by atoms with Crippen molar-refractivity contribution in [1.29, 1.82) is 0 Å². The van der Waals surface area contributed by atoms with Crippen LogP contribution in [0.15, 0.2) is 36.4 Å². The molecule has 0 aliphatic carbocycles. The molecule has 1 aromatic heterocycles. The number of thiophene rings is 1. The molecule has 6 heteroatoms. The minimum atomic E-state index is -4.32. The first-order valence-electron chi connectivity index (χ1n) is 5.10. The standard InChI is InChI=1S/C12H9ClF3NS/c13-11-5-4-10(18-11)7-17-9-3-1-2-8(6-9)12(14,15)16/h1-6,17H,7H2. The summed E-state index contributed by atoms with van der Waals surface area (Å²) in [4.78, 5) is 0.970. The summed E-state index contributed by atoms with van der Waals surface area (Å²) < 4.78 is 38.1. The molecule has 96 valence electrons. The first kappa shape index (κ1) is 13.2. The van der Waals surface area contributed by atoms with E-state index in [1.807, 2.05) is 6.07 Å². The molecular weight excluding hydrogens is 283 g/mol. The number of anilines is 1. The lowest BCUT2D eigenvalue weighted by molar-refractivity contribution is -0.137. The third kappa shape index (κ3) is 3.40. The van der Waals surface area contributed by atoms with E-state index in [0.717, 1.165) is 17.0 Å². The van der Waals surface area contributed by atoms with Crippen LogP contribution in [0.1, 0.15) is 10.4 Å². The molecular formula is C12H9ClF3NS. The van der Waals surface area contributed by atoms with E-state index < -0.39 is 11.7 Å². The van der Waals surface area contributed by atoms with Crippen LogP contribution >= 0.6 is 22.9 Å². The number of benzene rings is 1. The molecule has 2 rings (SSSR count). The van der Waals surface area contributed by atoms with Crippen molar-refractivity contribution < 1.29 is 13.2 Å². The van der Waals surface area contributed by atoms with E-state index in [0.29, 0.717) is 16.6 Å². The lowest BCUT2D eigenvalue weighted by Crippen LogP contribution is -2.06. The zero-order chi connectivity index (χ0) is 13.2. The van der Waals surface area contributed by atoms with Crippen molar-refractivity contribution in [3.05, 3.63) is 51.2 Å². The number of nitrogens with one attached hydrogen (secondary N) is 1. The van der Waals surface area contributed by atoms with Gasteiger partial charge < -0.3 is 5.32 Å². The van der Waals surface area contributed by atoms with Gasteiger partial charge in [-0.15, -0.1) is 11.3 Å². The molecule has 1 aromatic carbocycles. The maximum Gasteiger partial charge on any atom is 0.416 e. The second-order valence-corrected chi connectivity index (χ2v) is 5.44. The van der Waals surface area contributed by atoms with Crippen LogP contribution in [0.25, 0.3) is 0 Å². The molecule has 0 spiro atoms. The van der Waals surface area contributed by atoms with Crippen molar-refractivity contribution in [2.45, 2.75) is 12.7 Å². The third-order valence-electron chi connectivity index (χ3n) is 2.29. The van der Waals surface area contributed by atoms with Crippen LogP contribution in [0, 0.1) is 0 Å². The maximum atomic E-state index is 12.5. The second kappa shape index (κ2) is 5.20. The summed E-state index contributed by atoms with van der Waals surface area (Å²) in [5, 5.41) is 2.94. The third-order valence-corrected chi connectivity index (χ3v) is 3.52. The fraction of sp³-hybridized carbons (Fsp3) is 0.167. The predicted octanol–water partition coefficient (Wildman–Crippen LogP) is 5.03. The fourth-order valence-corrected chi connectivity index (χ4v) is 2.47. The predicted molar refractivity (Wildman–Crippen MR) is 68.1 cm³/mol. The van der Waals surface area contributed by atoms with E-state index in [1.54, 1.807) is 12.1 Å². The van der Waals surface area contributed by atoms with Gasteiger partial charge >= 0.3 is 6.18 Å². The van der Waals surface area contributed by atoms with Gasteiger partial charge in [-0.1, -0.05) is 17.7 Å². The molecule has 0 unspecified atom stereocenters. The maximum absolute atomic E-state index is 12.5. The average molecular weight is 292 g/mol. The minimum absolute atomic E-state index is 0.439. The number of halogens is 4. The lowest BCUT2D eigenvalue weighted by Gasteiger charge is -2.09. The first-order valence-corrected chi connectivity index (χ1v) is 6.30. The summed E-state index contributed by atoms with van der Waals surface area (Å²) in [6.07, 6.45) is -4.32. The van der Waals surface area contributed by atoms with Crippen LogP contribution in [0.5, 0.6) is 0 Å². The van der Waals surface area contributed by atoms with E-state index in [-0.39, 0.29) is 0 Å². The molecule has 0 amide bonds. The molecule has 0 bridgehead atoms. The molecule has 1 heterocycles. The van der Waals surface area contributed by atoms with Crippen molar-refractivity contribution in [1.82, 2.24) is 0 Å². The van der Waals surface area contributed by atoms with Crippen LogP contribution < -0.4 is 5.32 Å². The van der Waals surface area contributed by atoms with E-state index >= 15 is 0 Å². The Hall–Kier alpha value is -1.20. The average Bonchev–Trinajstić information content (AvgIpc) is 2.72. The van der Waals surface area contributed by atoms with Gasteiger partial charge in [0, 0.05) is 17.1 Å². The fourth-order valence-electron chi connectivity index (χ4n) is 1.44.